The molecule has 1 aromatic heterocycles. The van der Waals surface area contributed by atoms with Gasteiger partial charge in [-0.05, 0) is 20.8 Å². The number of nitrogens with one attached hydrogen (secondary N) is 1. The number of hydrogen-bond acceptors (Lipinski definition) is 4. The molecule has 18 heavy (non-hydrogen) atoms. The van der Waals surface area contributed by atoms with Crippen molar-refractivity contribution in [2.24, 2.45) is 0 Å². The molecule has 0 saturated heterocycles. The molecule has 0 fully saturated rings. The minimum atomic E-state index is -2.95. The number of hydrogen-bond donors (Lipinski definition) is 1. The van der Waals surface area contributed by atoms with Gasteiger partial charge in [0, 0.05) is 12.3 Å². The smallest absolute Gasteiger partial charge is 0.407 e. The van der Waals surface area contributed by atoms with Crippen LogP contribution in [-0.4, -0.2) is 16.7 Å². The summed E-state index contributed by atoms with van der Waals surface area (Å²) < 4.78 is 30.9. The summed E-state index contributed by atoms with van der Waals surface area (Å²) in [6, 6.07) is 0. The summed E-state index contributed by atoms with van der Waals surface area (Å²) >= 11 is 0.868. The molecule has 0 aromatic carbocycles. The van der Waals surface area contributed by atoms with Crippen LogP contribution in [0.15, 0.2) is 5.38 Å². The molecule has 0 atom stereocenters. The Morgan fingerprint density at radius 1 is 1.44 bits per heavy atom. The second-order valence-electron chi connectivity index (χ2n) is 4.89. The van der Waals surface area contributed by atoms with E-state index < -0.39 is 17.6 Å². The molecule has 0 saturated carbocycles. The van der Waals surface area contributed by atoms with E-state index in [0.717, 1.165) is 18.3 Å². The van der Waals surface area contributed by atoms with E-state index in [9.17, 15) is 13.6 Å². The van der Waals surface area contributed by atoms with Crippen molar-refractivity contribution >= 4 is 17.4 Å². The number of nitrogens with zero attached hydrogens (tertiary/aromatic N) is 1. The molecule has 0 unspecified atom stereocenters. The maximum Gasteiger partial charge on any atom is 0.407 e. The standard InChI is InChI=1S/C11H16F2N2O2S/c1-10(2,3)17-9(16)14-5-7-6-18-8(15-7)11(4,12)13/h6H,5H2,1-4H3,(H,14,16). The number of halogens is 2. The summed E-state index contributed by atoms with van der Waals surface area (Å²) in [5, 5.41) is 3.69. The van der Waals surface area contributed by atoms with Gasteiger partial charge in [-0.15, -0.1) is 11.3 Å². The van der Waals surface area contributed by atoms with Crippen LogP contribution in [0.1, 0.15) is 38.4 Å². The monoisotopic (exact) mass is 278 g/mol. The maximum absolute atomic E-state index is 12.9. The molecule has 0 aliphatic carbocycles. The summed E-state index contributed by atoms with van der Waals surface area (Å²) in [5.74, 6) is -2.95. The molecule has 1 N–H and O–H groups in total. The van der Waals surface area contributed by atoms with E-state index in [-0.39, 0.29) is 11.6 Å². The van der Waals surface area contributed by atoms with Gasteiger partial charge in [-0.2, -0.15) is 8.78 Å². The Morgan fingerprint density at radius 3 is 2.50 bits per heavy atom. The topological polar surface area (TPSA) is 51.2 Å². The van der Waals surface area contributed by atoms with Gasteiger partial charge in [0.25, 0.3) is 5.92 Å². The Labute approximate surface area is 108 Å². The molecule has 1 aromatic rings. The van der Waals surface area contributed by atoms with E-state index in [1.54, 1.807) is 20.8 Å². The zero-order chi connectivity index (χ0) is 14.0. The van der Waals surface area contributed by atoms with Crippen LogP contribution in [0, 0.1) is 0 Å². The quantitative estimate of drug-likeness (QED) is 0.923. The number of carbonyl (C=O) groups is 1. The Morgan fingerprint density at radius 2 is 2.06 bits per heavy atom. The molecule has 0 bridgehead atoms. The van der Waals surface area contributed by atoms with E-state index in [2.05, 4.69) is 10.3 Å². The minimum absolute atomic E-state index is 0.0709. The van der Waals surface area contributed by atoms with Gasteiger partial charge in [-0.25, -0.2) is 9.78 Å². The second-order valence-corrected chi connectivity index (χ2v) is 5.75. The summed E-state index contributed by atoms with van der Waals surface area (Å²) in [7, 11) is 0. The minimum Gasteiger partial charge on any atom is -0.444 e. The molecule has 0 aliphatic heterocycles. The Balaban J connectivity index is 2.50. The van der Waals surface area contributed by atoms with Gasteiger partial charge >= 0.3 is 6.09 Å². The first kappa shape index (κ1) is 14.8. The molecule has 0 aliphatic rings. The van der Waals surface area contributed by atoms with E-state index in [0.29, 0.717) is 5.69 Å². The van der Waals surface area contributed by atoms with E-state index in [1.165, 1.54) is 5.38 Å². The number of thiazole rings is 1. The third-order valence-corrected chi connectivity index (χ3v) is 2.80. The van der Waals surface area contributed by atoms with Crippen molar-refractivity contribution in [2.45, 2.75) is 45.8 Å². The van der Waals surface area contributed by atoms with Crippen molar-refractivity contribution in [2.75, 3.05) is 0 Å². The molecular formula is C11H16F2N2O2S. The van der Waals surface area contributed by atoms with Crippen LogP contribution >= 0.6 is 11.3 Å². The lowest BCUT2D eigenvalue weighted by Crippen LogP contribution is -2.32. The molecule has 1 rings (SSSR count). The normalized spacial score (nSPS) is 12.3. The van der Waals surface area contributed by atoms with Crippen molar-refractivity contribution in [3.63, 3.8) is 0 Å². The summed E-state index contributed by atoms with van der Waals surface area (Å²) in [5.41, 5.74) is -0.198. The van der Waals surface area contributed by atoms with Crippen LogP contribution in [0.3, 0.4) is 0 Å². The van der Waals surface area contributed by atoms with Crippen LogP contribution in [0.2, 0.25) is 0 Å². The zero-order valence-corrected chi connectivity index (χ0v) is 11.5. The zero-order valence-electron chi connectivity index (χ0n) is 10.7. The van der Waals surface area contributed by atoms with Gasteiger partial charge in [0.1, 0.15) is 5.60 Å². The van der Waals surface area contributed by atoms with Gasteiger partial charge in [0.2, 0.25) is 0 Å². The third-order valence-electron chi connectivity index (χ3n) is 1.74. The molecular weight excluding hydrogens is 262 g/mol. The molecule has 7 heteroatoms. The fraction of sp³-hybridized carbons (Fsp3) is 0.636. The van der Waals surface area contributed by atoms with Crippen LogP contribution < -0.4 is 5.32 Å². The van der Waals surface area contributed by atoms with Gasteiger partial charge < -0.3 is 10.1 Å². The average molecular weight is 278 g/mol. The van der Waals surface area contributed by atoms with Crippen LogP contribution in [0.25, 0.3) is 0 Å². The first-order valence-corrected chi connectivity index (χ1v) is 6.25. The Hall–Kier alpha value is -1.24. The van der Waals surface area contributed by atoms with E-state index in [4.69, 9.17) is 4.74 Å². The Bertz CT molecular complexity index is 421. The van der Waals surface area contributed by atoms with Gasteiger partial charge in [-0.1, -0.05) is 0 Å². The summed E-state index contributed by atoms with van der Waals surface area (Å²) in [6.45, 7) is 6.08. The highest BCUT2D eigenvalue weighted by molar-refractivity contribution is 7.09. The first-order chi connectivity index (χ1) is 8.08. The predicted molar refractivity (Wildman–Crippen MR) is 64.8 cm³/mol. The number of ether oxygens (including phenoxy) is 1. The first-order valence-electron chi connectivity index (χ1n) is 5.37. The predicted octanol–water partition coefficient (Wildman–Crippen LogP) is 3.28. The lowest BCUT2D eigenvalue weighted by molar-refractivity contribution is 0.0171. The molecule has 4 nitrogen and oxygen atoms in total. The third kappa shape index (κ3) is 4.95. The van der Waals surface area contributed by atoms with Crippen molar-refractivity contribution in [3.05, 3.63) is 16.1 Å². The van der Waals surface area contributed by atoms with Crippen LogP contribution in [0.4, 0.5) is 13.6 Å². The Kier molecular flexibility index (Phi) is 4.26. The lowest BCUT2D eigenvalue weighted by Gasteiger charge is -2.19. The summed E-state index contributed by atoms with van der Waals surface area (Å²) in [6.07, 6.45) is -0.597. The molecule has 1 amide bonds. The number of amides is 1. The molecule has 1 heterocycles. The summed E-state index contributed by atoms with van der Waals surface area (Å²) in [4.78, 5) is 15.1. The van der Waals surface area contributed by atoms with Crippen molar-refractivity contribution < 1.29 is 18.3 Å². The number of alkyl carbamates (subject to hydrolysis) is 1. The maximum atomic E-state index is 12.9. The fourth-order valence-electron chi connectivity index (χ4n) is 1.07. The van der Waals surface area contributed by atoms with Crippen LogP contribution in [0.5, 0.6) is 0 Å². The van der Waals surface area contributed by atoms with Gasteiger partial charge in [0.15, 0.2) is 5.01 Å². The SMILES string of the molecule is CC(C)(C)OC(=O)NCc1csc(C(C)(F)F)n1. The number of alkyl halides is 2. The second kappa shape index (κ2) is 5.17. The van der Waals surface area contributed by atoms with Crippen molar-refractivity contribution in [1.82, 2.24) is 10.3 Å². The van der Waals surface area contributed by atoms with Crippen molar-refractivity contribution in [3.8, 4) is 0 Å². The molecule has 102 valence electrons. The van der Waals surface area contributed by atoms with Gasteiger partial charge in [-0.3, -0.25) is 0 Å². The largest absolute Gasteiger partial charge is 0.444 e. The fourth-order valence-corrected chi connectivity index (χ4v) is 1.83. The highest BCUT2D eigenvalue weighted by Gasteiger charge is 2.28. The number of rotatable bonds is 3. The van der Waals surface area contributed by atoms with Crippen molar-refractivity contribution in [1.29, 1.82) is 0 Å². The van der Waals surface area contributed by atoms with E-state index >= 15 is 0 Å². The number of carbonyl (C=O) groups excluding carboxylic acids is 1. The highest BCUT2D eigenvalue weighted by Crippen LogP contribution is 2.29. The van der Waals surface area contributed by atoms with Crippen LogP contribution in [-0.2, 0) is 17.2 Å². The highest BCUT2D eigenvalue weighted by atomic mass is 32.1. The lowest BCUT2D eigenvalue weighted by atomic mass is 10.2. The van der Waals surface area contributed by atoms with E-state index in [1.807, 2.05) is 0 Å². The number of aromatic nitrogens is 1. The average Bonchev–Trinajstić information content (AvgIpc) is 2.59. The molecule has 0 spiro atoms. The van der Waals surface area contributed by atoms with Gasteiger partial charge in [0.05, 0.1) is 12.2 Å². The molecule has 0 radical (unpaired) electrons.